The maximum Gasteiger partial charge on any atom is 0.352 e. The lowest BCUT2D eigenvalue weighted by Gasteiger charge is -2.06. The predicted octanol–water partition coefficient (Wildman–Crippen LogP) is 2.74. The molecule has 0 bridgehead atoms. The summed E-state index contributed by atoms with van der Waals surface area (Å²) in [5.41, 5.74) is 2.51. The summed E-state index contributed by atoms with van der Waals surface area (Å²) in [6.07, 6.45) is 0.0375. The van der Waals surface area contributed by atoms with Gasteiger partial charge in [-0.05, 0) is 11.6 Å². The number of hydrogen-bond donors (Lipinski definition) is 2. The van der Waals surface area contributed by atoms with Crippen molar-refractivity contribution in [3.63, 3.8) is 0 Å². The summed E-state index contributed by atoms with van der Waals surface area (Å²) in [6.45, 7) is 0.423. The van der Waals surface area contributed by atoms with Crippen LogP contribution in [0.5, 0.6) is 0 Å². The Balaban J connectivity index is 1.85. The van der Waals surface area contributed by atoms with Gasteiger partial charge in [0.1, 0.15) is 5.69 Å². The second kappa shape index (κ2) is 6.58. The van der Waals surface area contributed by atoms with E-state index < -0.39 is 5.97 Å². The van der Waals surface area contributed by atoms with Gasteiger partial charge in [-0.2, -0.15) is 0 Å². The number of carboxylic acid groups (broad SMARTS) is 1. The topological polar surface area (TPSA) is 71.3 Å². The Labute approximate surface area is 139 Å². The van der Waals surface area contributed by atoms with Crippen molar-refractivity contribution < 1.29 is 14.7 Å². The van der Waals surface area contributed by atoms with Crippen molar-refractivity contribution in [2.45, 2.75) is 13.0 Å². The van der Waals surface area contributed by atoms with Crippen LogP contribution in [0.15, 0.2) is 54.6 Å². The molecule has 5 heteroatoms. The zero-order valence-corrected chi connectivity index (χ0v) is 13.3. The fourth-order valence-electron chi connectivity index (χ4n) is 2.94. The summed E-state index contributed by atoms with van der Waals surface area (Å²) in [5.74, 6) is -1.22. The van der Waals surface area contributed by atoms with Crippen molar-refractivity contribution in [3.05, 3.63) is 71.4 Å². The number of hydrogen-bond acceptors (Lipinski definition) is 2. The summed E-state index contributed by atoms with van der Waals surface area (Å²) < 4.78 is 1.62. The molecule has 0 aliphatic carbocycles. The first-order valence-corrected chi connectivity index (χ1v) is 7.68. The molecule has 0 saturated carbocycles. The molecule has 0 saturated heterocycles. The number of aryl methyl sites for hydroxylation is 1. The van der Waals surface area contributed by atoms with E-state index in [0.717, 1.165) is 16.5 Å². The predicted molar refractivity (Wildman–Crippen MR) is 91.9 cm³/mol. The molecule has 1 heterocycles. The molecule has 0 spiro atoms. The van der Waals surface area contributed by atoms with Crippen LogP contribution in [0.4, 0.5) is 0 Å². The zero-order chi connectivity index (χ0) is 17.1. The highest BCUT2D eigenvalue weighted by molar-refractivity contribution is 6.00. The summed E-state index contributed by atoms with van der Waals surface area (Å²) in [5, 5.41) is 13.2. The van der Waals surface area contributed by atoms with Crippen LogP contribution in [0.1, 0.15) is 21.6 Å². The van der Waals surface area contributed by atoms with E-state index in [2.05, 4.69) is 5.32 Å². The molecule has 0 radical (unpaired) electrons. The molecule has 5 nitrogen and oxygen atoms in total. The average molecular weight is 322 g/mol. The molecule has 24 heavy (non-hydrogen) atoms. The maximum atomic E-state index is 12.3. The Bertz CT molecular complexity index is 898. The highest BCUT2D eigenvalue weighted by Crippen LogP contribution is 2.25. The number of benzene rings is 2. The van der Waals surface area contributed by atoms with Gasteiger partial charge in [-0.3, -0.25) is 4.79 Å². The number of amides is 1. The van der Waals surface area contributed by atoms with E-state index >= 15 is 0 Å². The van der Waals surface area contributed by atoms with Gasteiger partial charge in [-0.15, -0.1) is 0 Å². The Kier molecular flexibility index (Phi) is 4.33. The number of para-hydroxylation sites is 1. The molecule has 0 fully saturated rings. The first-order chi connectivity index (χ1) is 11.6. The lowest BCUT2D eigenvalue weighted by molar-refractivity contribution is -0.120. The normalized spacial score (nSPS) is 10.7. The number of aromatic nitrogens is 1. The fraction of sp³-hybridized carbons (Fsp3) is 0.158. The molecule has 3 rings (SSSR count). The number of aromatic carboxylic acids is 1. The van der Waals surface area contributed by atoms with Crippen LogP contribution in [0.2, 0.25) is 0 Å². The minimum atomic E-state index is -1.03. The SMILES string of the molecule is Cn1c(C(=O)O)c(CC(=O)NCc2ccccc2)c2ccccc21. The van der Waals surface area contributed by atoms with Crippen molar-refractivity contribution in [2.24, 2.45) is 7.05 Å². The number of nitrogens with zero attached hydrogens (tertiary/aromatic N) is 1. The van der Waals surface area contributed by atoms with Gasteiger partial charge in [0.2, 0.25) is 5.91 Å². The number of fused-ring (bicyclic) bond motifs is 1. The molecule has 0 atom stereocenters. The smallest absolute Gasteiger partial charge is 0.352 e. The number of nitrogens with one attached hydrogen (secondary N) is 1. The Hall–Kier alpha value is -3.08. The molecule has 0 aliphatic rings. The van der Waals surface area contributed by atoms with E-state index in [9.17, 15) is 14.7 Å². The maximum absolute atomic E-state index is 12.3. The Morgan fingerprint density at radius 1 is 1.04 bits per heavy atom. The van der Waals surface area contributed by atoms with Gasteiger partial charge in [0, 0.05) is 30.1 Å². The number of rotatable bonds is 5. The van der Waals surface area contributed by atoms with E-state index in [1.165, 1.54) is 0 Å². The summed E-state index contributed by atoms with van der Waals surface area (Å²) in [4.78, 5) is 23.9. The van der Waals surface area contributed by atoms with Crippen LogP contribution in [0.25, 0.3) is 10.9 Å². The summed E-state index contributed by atoms with van der Waals surface area (Å²) >= 11 is 0. The van der Waals surface area contributed by atoms with Crippen molar-refractivity contribution in [1.82, 2.24) is 9.88 Å². The Morgan fingerprint density at radius 2 is 1.71 bits per heavy atom. The molecule has 3 aromatic rings. The zero-order valence-electron chi connectivity index (χ0n) is 13.3. The standard InChI is InChI=1S/C19H18N2O3/c1-21-16-10-6-5-9-14(16)15(18(21)19(23)24)11-17(22)20-12-13-7-3-2-4-8-13/h2-10H,11-12H2,1H3,(H,20,22)(H,23,24). The summed E-state index contributed by atoms with van der Waals surface area (Å²) in [7, 11) is 1.71. The molecule has 0 aliphatic heterocycles. The van der Waals surface area contributed by atoms with Crippen molar-refractivity contribution >= 4 is 22.8 Å². The second-order valence-corrected chi connectivity index (χ2v) is 5.65. The number of carbonyl (C=O) groups is 2. The third-order valence-electron chi connectivity index (χ3n) is 4.08. The third kappa shape index (κ3) is 3.01. The fourth-order valence-corrected chi connectivity index (χ4v) is 2.94. The lowest BCUT2D eigenvalue weighted by atomic mass is 10.1. The van der Waals surface area contributed by atoms with Gasteiger partial charge in [0.25, 0.3) is 0 Å². The van der Waals surface area contributed by atoms with Gasteiger partial charge in [0.15, 0.2) is 0 Å². The molecule has 1 amide bonds. The van der Waals surface area contributed by atoms with Crippen LogP contribution in [-0.2, 0) is 24.8 Å². The molecule has 2 N–H and O–H groups in total. The van der Waals surface area contributed by atoms with Crippen LogP contribution in [-0.4, -0.2) is 21.6 Å². The van der Waals surface area contributed by atoms with Crippen LogP contribution >= 0.6 is 0 Å². The molecule has 0 unspecified atom stereocenters. The van der Waals surface area contributed by atoms with Crippen molar-refractivity contribution in [1.29, 1.82) is 0 Å². The quantitative estimate of drug-likeness (QED) is 0.759. The van der Waals surface area contributed by atoms with Gasteiger partial charge in [-0.1, -0.05) is 48.5 Å². The largest absolute Gasteiger partial charge is 0.477 e. The summed E-state index contributed by atoms with van der Waals surface area (Å²) in [6, 6.07) is 17.0. The van der Waals surface area contributed by atoms with Gasteiger partial charge < -0.3 is 15.0 Å². The Morgan fingerprint density at radius 3 is 2.42 bits per heavy atom. The number of carboxylic acids is 1. The van der Waals surface area contributed by atoms with Crippen LogP contribution in [0, 0.1) is 0 Å². The molecular formula is C19H18N2O3. The van der Waals surface area contributed by atoms with Gasteiger partial charge >= 0.3 is 5.97 Å². The first kappa shape index (κ1) is 15.8. The highest BCUT2D eigenvalue weighted by Gasteiger charge is 2.21. The monoisotopic (exact) mass is 322 g/mol. The van der Waals surface area contributed by atoms with E-state index in [1.807, 2.05) is 54.6 Å². The van der Waals surface area contributed by atoms with E-state index in [4.69, 9.17) is 0 Å². The molecule has 1 aromatic heterocycles. The van der Waals surface area contributed by atoms with Gasteiger partial charge in [-0.25, -0.2) is 4.79 Å². The van der Waals surface area contributed by atoms with E-state index in [-0.39, 0.29) is 18.0 Å². The van der Waals surface area contributed by atoms with Gasteiger partial charge in [0.05, 0.1) is 6.42 Å². The average Bonchev–Trinajstić information content (AvgIpc) is 2.87. The highest BCUT2D eigenvalue weighted by atomic mass is 16.4. The van der Waals surface area contributed by atoms with Crippen LogP contribution in [0.3, 0.4) is 0 Å². The minimum absolute atomic E-state index is 0.0375. The van der Waals surface area contributed by atoms with Crippen LogP contribution < -0.4 is 5.32 Å². The third-order valence-corrected chi connectivity index (χ3v) is 4.08. The first-order valence-electron chi connectivity index (χ1n) is 7.68. The molecular weight excluding hydrogens is 304 g/mol. The number of carbonyl (C=O) groups excluding carboxylic acids is 1. The van der Waals surface area contributed by atoms with Crippen molar-refractivity contribution in [2.75, 3.05) is 0 Å². The van der Waals surface area contributed by atoms with Crippen molar-refractivity contribution in [3.8, 4) is 0 Å². The second-order valence-electron chi connectivity index (χ2n) is 5.65. The molecule has 2 aromatic carbocycles. The van der Waals surface area contributed by atoms with E-state index in [1.54, 1.807) is 11.6 Å². The lowest BCUT2D eigenvalue weighted by Crippen LogP contribution is -2.25. The minimum Gasteiger partial charge on any atom is -0.477 e. The van der Waals surface area contributed by atoms with E-state index in [0.29, 0.717) is 12.1 Å². The molecule has 122 valence electrons.